The van der Waals surface area contributed by atoms with Crippen LogP contribution in [0.1, 0.15) is 34.6 Å². The fourth-order valence-electron chi connectivity index (χ4n) is 2.22. The molecule has 0 bridgehead atoms. The zero-order valence-corrected chi connectivity index (χ0v) is 14.5. The molecule has 140 valence electrons. The molecule has 0 saturated carbocycles. The number of hydrogen-bond acceptors (Lipinski definition) is 5. The molecule has 26 heavy (non-hydrogen) atoms. The molecule has 1 atom stereocenters. The molecule has 2 aromatic rings. The third kappa shape index (κ3) is 5.61. The number of halogens is 3. The minimum atomic E-state index is -4.45. The molecule has 6 nitrogen and oxygen atoms in total. The van der Waals surface area contributed by atoms with Crippen LogP contribution < -0.4 is 15.4 Å². The molecule has 2 heterocycles. The number of aromatic nitrogens is 2. The van der Waals surface area contributed by atoms with E-state index in [1.807, 2.05) is 0 Å². The number of carbonyl (C=O) groups is 1. The van der Waals surface area contributed by atoms with Gasteiger partial charge in [-0.15, -0.1) is 0 Å². The number of carbonyl (C=O) groups excluding carboxylic acids is 1. The Morgan fingerprint density at radius 2 is 2.04 bits per heavy atom. The highest BCUT2D eigenvalue weighted by Gasteiger charge is 2.28. The van der Waals surface area contributed by atoms with E-state index < -0.39 is 18.8 Å². The first-order valence-electron chi connectivity index (χ1n) is 7.81. The smallest absolute Gasteiger partial charge is 0.422 e. The molecule has 9 heteroatoms. The van der Waals surface area contributed by atoms with Gasteiger partial charge >= 0.3 is 6.18 Å². The van der Waals surface area contributed by atoms with Crippen molar-refractivity contribution in [3.63, 3.8) is 0 Å². The van der Waals surface area contributed by atoms with Crippen molar-refractivity contribution in [3.05, 3.63) is 47.3 Å². The van der Waals surface area contributed by atoms with Gasteiger partial charge in [0, 0.05) is 30.6 Å². The van der Waals surface area contributed by atoms with E-state index in [9.17, 15) is 18.0 Å². The number of hydrogen-bond donors (Lipinski definition) is 2. The lowest BCUT2D eigenvalue weighted by Crippen LogP contribution is -2.27. The molecular weight excluding hydrogens is 349 g/mol. The topological polar surface area (TPSA) is 76.1 Å². The lowest BCUT2D eigenvalue weighted by Gasteiger charge is -2.17. The molecular formula is C17H19F3N4O2. The van der Waals surface area contributed by atoms with Crippen molar-refractivity contribution in [2.75, 3.05) is 19.0 Å². The van der Waals surface area contributed by atoms with Gasteiger partial charge in [-0.25, -0.2) is 9.97 Å². The van der Waals surface area contributed by atoms with E-state index in [0.29, 0.717) is 22.6 Å². The summed E-state index contributed by atoms with van der Waals surface area (Å²) in [7, 11) is 1.69. The summed E-state index contributed by atoms with van der Waals surface area (Å²) in [5, 5.41) is 5.63. The maximum Gasteiger partial charge on any atom is 0.422 e. The van der Waals surface area contributed by atoms with E-state index >= 15 is 0 Å². The molecule has 2 N–H and O–H groups in total. The fraction of sp³-hybridized carbons (Fsp3) is 0.353. The minimum absolute atomic E-state index is 0.139. The summed E-state index contributed by atoms with van der Waals surface area (Å²) in [6, 6.07) is 5.77. The largest absolute Gasteiger partial charge is 0.468 e. The van der Waals surface area contributed by atoms with Crippen molar-refractivity contribution < 1.29 is 22.7 Å². The summed E-state index contributed by atoms with van der Waals surface area (Å²) in [4.78, 5) is 20.3. The Morgan fingerprint density at radius 3 is 2.69 bits per heavy atom. The first kappa shape index (κ1) is 19.5. The lowest BCUT2D eigenvalue weighted by molar-refractivity contribution is -0.154. The van der Waals surface area contributed by atoms with Crippen LogP contribution >= 0.6 is 0 Å². The average molecular weight is 368 g/mol. The van der Waals surface area contributed by atoms with E-state index in [1.165, 1.54) is 12.3 Å². The molecule has 2 rings (SSSR count). The highest BCUT2D eigenvalue weighted by molar-refractivity contribution is 5.95. The number of amides is 1. The number of pyridine rings is 2. The molecule has 1 unspecified atom stereocenters. The zero-order chi connectivity index (χ0) is 19.3. The number of rotatable bonds is 6. The number of anilines is 1. The zero-order valence-electron chi connectivity index (χ0n) is 14.5. The van der Waals surface area contributed by atoms with Gasteiger partial charge in [0.25, 0.3) is 5.91 Å². The summed E-state index contributed by atoms with van der Waals surface area (Å²) < 4.78 is 41.6. The summed E-state index contributed by atoms with van der Waals surface area (Å²) in [6.07, 6.45) is -2.94. The van der Waals surface area contributed by atoms with Crippen LogP contribution in [0.15, 0.2) is 30.5 Å². The lowest BCUT2D eigenvalue weighted by atomic mass is 10.1. The number of nitrogens with zero attached hydrogens (tertiary/aromatic N) is 2. The van der Waals surface area contributed by atoms with Crippen LogP contribution in [-0.4, -0.2) is 35.7 Å². The molecule has 1 amide bonds. The Labute approximate surface area is 148 Å². The Morgan fingerprint density at radius 1 is 1.31 bits per heavy atom. The third-order valence-electron chi connectivity index (χ3n) is 3.46. The Bertz CT molecular complexity index is 781. The molecule has 0 spiro atoms. The minimum Gasteiger partial charge on any atom is -0.468 e. The van der Waals surface area contributed by atoms with Crippen molar-refractivity contribution >= 4 is 11.7 Å². The summed E-state index contributed by atoms with van der Waals surface area (Å²) in [5.74, 6) is 0.0799. The number of ether oxygens (including phenoxy) is 1. The number of aryl methyl sites for hydroxylation is 1. The van der Waals surface area contributed by atoms with Crippen LogP contribution in [0.5, 0.6) is 5.88 Å². The van der Waals surface area contributed by atoms with Gasteiger partial charge in [-0.05, 0) is 37.6 Å². The predicted molar refractivity (Wildman–Crippen MR) is 90.2 cm³/mol. The second-order valence-corrected chi connectivity index (χ2v) is 5.66. The SMILES string of the molecule is CNc1cc(C(=O)NC(C)c2cc(C)nc(OCC(F)(F)F)c2)ccn1. The van der Waals surface area contributed by atoms with Crippen molar-refractivity contribution in [3.8, 4) is 5.88 Å². The van der Waals surface area contributed by atoms with E-state index in [4.69, 9.17) is 4.74 Å². The van der Waals surface area contributed by atoms with Crippen LogP contribution in [0, 0.1) is 6.92 Å². The number of alkyl halides is 3. The molecule has 2 aromatic heterocycles. The molecule has 0 aromatic carbocycles. The monoisotopic (exact) mass is 368 g/mol. The first-order valence-corrected chi connectivity index (χ1v) is 7.81. The van der Waals surface area contributed by atoms with Gasteiger partial charge in [0.2, 0.25) is 5.88 Å². The maximum atomic E-state index is 12.4. The van der Waals surface area contributed by atoms with Gasteiger partial charge < -0.3 is 15.4 Å². The second-order valence-electron chi connectivity index (χ2n) is 5.66. The maximum absolute atomic E-state index is 12.4. The normalized spacial score (nSPS) is 12.4. The summed E-state index contributed by atoms with van der Waals surface area (Å²) >= 11 is 0. The number of nitrogens with one attached hydrogen (secondary N) is 2. The quantitative estimate of drug-likeness (QED) is 0.819. The molecule has 0 aliphatic heterocycles. The summed E-state index contributed by atoms with van der Waals surface area (Å²) in [6.45, 7) is 1.94. The van der Waals surface area contributed by atoms with Crippen molar-refractivity contribution in [1.82, 2.24) is 15.3 Å². The Hall–Kier alpha value is -2.84. The van der Waals surface area contributed by atoms with Gasteiger partial charge in [0.05, 0.1) is 6.04 Å². The third-order valence-corrected chi connectivity index (χ3v) is 3.46. The van der Waals surface area contributed by atoms with Crippen LogP contribution in [-0.2, 0) is 0 Å². The van der Waals surface area contributed by atoms with Gasteiger partial charge in [0.1, 0.15) is 5.82 Å². The molecule has 0 aliphatic rings. The van der Waals surface area contributed by atoms with E-state index in [0.717, 1.165) is 0 Å². The van der Waals surface area contributed by atoms with Crippen LogP contribution in [0.4, 0.5) is 19.0 Å². The first-order chi connectivity index (χ1) is 12.2. The van der Waals surface area contributed by atoms with Gasteiger partial charge in [-0.2, -0.15) is 13.2 Å². The predicted octanol–water partition coefficient (Wildman–Crippen LogP) is 3.26. The highest BCUT2D eigenvalue weighted by Crippen LogP contribution is 2.22. The van der Waals surface area contributed by atoms with E-state index in [2.05, 4.69) is 20.6 Å². The van der Waals surface area contributed by atoms with Crippen molar-refractivity contribution in [2.45, 2.75) is 26.1 Å². The van der Waals surface area contributed by atoms with Gasteiger partial charge in [0.15, 0.2) is 6.61 Å². The molecule has 0 radical (unpaired) electrons. The summed E-state index contributed by atoms with van der Waals surface area (Å²) in [5.41, 5.74) is 1.49. The standard InChI is InChI=1S/C17H19F3N4O2/c1-10-6-13(8-15(23-10)26-9-17(18,19)20)11(2)24-16(25)12-4-5-22-14(7-12)21-3/h4-8,11H,9H2,1-3H3,(H,21,22)(H,24,25). The fourth-order valence-corrected chi connectivity index (χ4v) is 2.22. The molecule has 0 aliphatic carbocycles. The van der Waals surface area contributed by atoms with Crippen molar-refractivity contribution in [2.24, 2.45) is 0 Å². The van der Waals surface area contributed by atoms with Gasteiger partial charge in [-0.1, -0.05) is 0 Å². The van der Waals surface area contributed by atoms with E-state index in [-0.39, 0.29) is 11.8 Å². The Balaban J connectivity index is 2.11. The van der Waals surface area contributed by atoms with E-state index in [1.54, 1.807) is 39.1 Å². The van der Waals surface area contributed by atoms with Crippen LogP contribution in [0.3, 0.4) is 0 Å². The Kier molecular flexibility index (Phi) is 6.01. The molecule has 0 fully saturated rings. The molecule has 0 saturated heterocycles. The van der Waals surface area contributed by atoms with Gasteiger partial charge in [-0.3, -0.25) is 4.79 Å². The van der Waals surface area contributed by atoms with Crippen LogP contribution in [0.2, 0.25) is 0 Å². The second kappa shape index (κ2) is 8.03. The van der Waals surface area contributed by atoms with Crippen LogP contribution in [0.25, 0.3) is 0 Å². The average Bonchev–Trinajstić information content (AvgIpc) is 2.59. The van der Waals surface area contributed by atoms with Crippen molar-refractivity contribution in [1.29, 1.82) is 0 Å². The highest BCUT2D eigenvalue weighted by atomic mass is 19.4.